The number of nitrogens with zero attached hydrogens (tertiary/aromatic N) is 5. The van der Waals surface area contributed by atoms with Crippen molar-refractivity contribution in [1.29, 1.82) is 0 Å². The molecule has 5 aromatic rings. The molecule has 0 radical (unpaired) electrons. The number of H-pyrrole nitrogens is 1. The molecule has 0 unspecified atom stereocenters. The van der Waals surface area contributed by atoms with Crippen molar-refractivity contribution in [2.75, 3.05) is 0 Å². The van der Waals surface area contributed by atoms with Crippen LogP contribution in [0.4, 0.5) is 0 Å². The summed E-state index contributed by atoms with van der Waals surface area (Å²) in [4.78, 5) is 8.17. The minimum atomic E-state index is 0.659. The zero-order valence-corrected chi connectivity index (χ0v) is 14.9. The van der Waals surface area contributed by atoms with Crippen LogP contribution >= 0.6 is 0 Å². The smallest absolute Gasteiger partial charge is 0.138 e. The van der Waals surface area contributed by atoms with Crippen LogP contribution in [0.15, 0.2) is 55.2 Å². The molecule has 1 N–H and O–H groups in total. The van der Waals surface area contributed by atoms with Gasteiger partial charge in [0.05, 0.1) is 17.9 Å². The highest BCUT2D eigenvalue weighted by molar-refractivity contribution is 5.95. The third kappa shape index (κ3) is 2.30. The van der Waals surface area contributed by atoms with E-state index in [1.54, 1.807) is 0 Å². The van der Waals surface area contributed by atoms with Gasteiger partial charge in [-0.25, -0.2) is 9.50 Å². The van der Waals surface area contributed by atoms with E-state index in [4.69, 9.17) is 4.98 Å². The molecule has 0 spiro atoms. The van der Waals surface area contributed by atoms with Crippen LogP contribution in [0.3, 0.4) is 0 Å². The maximum Gasteiger partial charge on any atom is 0.138 e. The Balaban J connectivity index is 1.50. The molecule has 1 fully saturated rings. The minimum Gasteiger partial charge on any atom is -0.346 e. The number of fused-ring (bicyclic) bond motifs is 2. The van der Waals surface area contributed by atoms with Crippen molar-refractivity contribution in [2.45, 2.75) is 18.8 Å². The predicted octanol–water partition coefficient (Wildman–Crippen LogP) is 4.16. The first-order chi connectivity index (χ1) is 13.3. The Bertz CT molecular complexity index is 1300. The Morgan fingerprint density at radius 3 is 2.78 bits per heavy atom. The molecule has 1 aliphatic rings. The van der Waals surface area contributed by atoms with E-state index in [1.807, 2.05) is 41.0 Å². The highest BCUT2D eigenvalue weighted by Crippen LogP contribution is 2.40. The maximum absolute atomic E-state index is 4.82. The van der Waals surface area contributed by atoms with Crippen LogP contribution in [0.1, 0.15) is 24.5 Å². The molecule has 0 saturated heterocycles. The molecule has 1 aliphatic carbocycles. The van der Waals surface area contributed by atoms with E-state index >= 15 is 0 Å². The maximum atomic E-state index is 4.82. The first kappa shape index (κ1) is 14.7. The third-order valence-electron chi connectivity index (χ3n) is 5.40. The summed E-state index contributed by atoms with van der Waals surface area (Å²) in [6.45, 7) is 0. The number of aromatic amines is 1. The molecule has 27 heavy (non-hydrogen) atoms. The lowest BCUT2D eigenvalue weighted by Crippen LogP contribution is -1.88. The van der Waals surface area contributed by atoms with E-state index in [1.165, 1.54) is 24.1 Å². The van der Waals surface area contributed by atoms with Gasteiger partial charge in [0.25, 0.3) is 0 Å². The van der Waals surface area contributed by atoms with Gasteiger partial charge in [-0.05, 0) is 42.7 Å². The zero-order chi connectivity index (χ0) is 18.0. The first-order valence-corrected chi connectivity index (χ1v) is 9.21. The fourth-order valence-electron chi connectivity index (χ4n) is 3.80. The van der Waals surface area contributed by atoms with Crippen molar-refractivity contribution in [3.63, 3.8) is 0 Å². The molecule has 0 bridgehead atoms. The van der Waals surface area contributed by atoms with Gasteiger partial charge in [0.15, 0.2) is 0 Å². The van der Waals surface area contributed by atoms with Crippen molar-refractivity contribution < 1.29 is 0 Å². The number of aromatic nitrogens is 6. The van der Waals surface area contributed by atoms with E-state index in [0.29, 0.717) is 5.92 Å². The Labute approximate surface area is 155 Å². The molecule has 0 atom stereocenters. The Morgan fingerprint density at radius 1 is 1.04 bits per heavy atom. The molecule has 5 aromatic heterocycles. The molecule has 6 nitrogen and oxygen atoms in total. The van der Waals surface area contributed by atoms with E-state index in [9.17, 15) is 0 Å². The van der Waals surface area contributed by atoms with Crippen LogP contribution in [0, 0.1) is 0 Å². The summed E-state index contributed by atoms with van der Waals surface area (Å²) in [5.41, 5.74) is 7.72. The van der Waals surface area contributed by atoms with Crippen LogP contribution < -0.4 is 0 Å². The van der Waals surface area contributed by atoms with Crippen molar-refractivity contribution in [1.82, 2.24) is 29.4 Å². The average molecular weight is 354 g/mol. The second-order valence-electron chi connectivity index (χ2n) is 7.32. The second kappa shape index (κ2) is 5.30. The Kier molecular flexibility index (Phi) is 2.89. The highest BCUT2D eigenvalue weighted by Gasteiger charge is 2.25. The normalized spacial score (nSPS) is 14.4. The Hall–Kier alpha value is -3.41. The molecule has 132 valence electrons. The molecular weight excluding hydrogens is 336 g/mol. The molecule has 0 aromatic carbocycles. The molecular formula is C21H18N6. The topological polar surface area (TPSA) is 63.8 Å². The number of aryl methyl sites for hydroxylation is 1. The lowest BCUT2D eigenvalue weighted by molar-refractivity contribution is 0.768. The van der Waals surface area contributed by atoms with Gasteiger partial charge in [-0.1, -0.05) is 0 Å². The van der Waals surface area contributed by atoms with Crippen LogP contribution in [-0.4, -0.2) is 29.4 Å². The minimum absolute atomic E-state index is 0.659. The second-order valence-corrected chi connectivity index (χ2v) is 7.32. The van der Waals surface area contributed by atoms with Crippen LogP contribution in [-0.2, 0) is 7.05 Å². The van der Waals surface area contributed by atoms with Gasteiger partial charge >= 0.3 is 0 Å². The molecule has 0 amide bonds. The van der Waals surface area contributed by atoms with Crippen LogP contribution in [0.25, 0.3) is 38.8 Å². The number of nitrogens with one attached hydrogen (secondary N) is 1. The molecule has 1 saturated carbocycles. The van der Waals surface area contributed by atoms with E-state index < -0.39 is 0 Å². The molecule has 5 heterocycles. The predicted molar refractivity (Wildman–Crippen MR) is 104 cm³/mol. The average Bonchev–Trinajstić information content (AvgIpc) is 3.10. The number of rotatable bonds is 3. The summed E-state index contributed by atoms with van der Waals surface area (Å²) >= 11 is 0. The van der Waals surface area contributed by atoms with Crippen molar-refractivity contribution in [2.24, 2.45) is 7.05 Å². The molecule has 6 heteroatoms. The van der Waals surface area contributed by atoms with Crippen LogP contribution in [0.5, 0.6) is 0 Å². The largest absolute Gasteiger partial charge is 0.346 e. The summed E-state index contributed by atoms with van der Waals surface area (Å²) in [6, 6.07) is 8.66. The fraction of sp³-hybridized carbons (Fsp3) is 0.190. The van der Waals surface area contributed by atoms with E-state index in [-0.39, 0.29) is 0 Å². The third-order valence-corrected chi connectivity index (χ3v) is 5.40. The van der Waals surface area contributed by atoms with Gasteiger partial charge in [0.1, 0.15) is 5.65 Å². The standard InChI is InChI=1S/C21H18N6/c1-26-12-15(9-23-26)18-11-24-27-7-6-14(8-20(18)27)17-10-22-21-16(17)4-5-19(25-21)13-2-3-13/h4-13H,2-3H2,1H3,(H,22,25). The summed E-state index contributed by atoms with van der Waals surface area (Å²) in [5.74, 6) is 0.659. The summed E-state index contributed by atoms with van der Waals surface area (Å²) in [5, 5.41) is 9.93. The van der Waals surface area contributed by atoms with E-state index in [0.717, 1.165) is 33.2 Å². The molecule has 6 rings (SSSR count). The lowest BCUT2D eigenvalue weighted by atomic mass is 10.0. The summed E-state index contributed by atoms with van der Waals surface area (Å²) in [7, 11) is 1.93. The zero-order valence-electron chi connectivity index (χ0n) is 14.9. The van der Waals surface area contributed by atoms with Gasteiger partial charge in [0.2, 0.25) is 0 Å². The molecule has 0 aliphatic heterocycles. The van der Waals surface area contributed by atoms with Gasteiger partial charge in [0, 0.05) is 59.3 Å². The van der Waals surface area contributed by atoms with E-state index in [2.05, 4.69) is 45.6 Å². The highest BCUT2D eigenvalue weighted by atomic mass is 15.2. The monoisotopic (exact) mass is 354 g/mol. The lowest BCUT2D eigenvalue weighted by Gasteiger charge is -2.03. The fourth-order valence-corrected chi connectivity index (χ4v) is 3.80. The van der Waals surface area contributed by atoms with Gasteiger partial charge in [-0.3, -0.25) is 4.68 Å². The van der Waals surface area contributed by atoms with Crippen molar-refractivity contribution in [3.05, 3.63) is 60.9 Å². The quantitative estimate of drug-likeness (QED) is 0.529. The first-order valence-electron chi connectivity index (χ1n) is 9.21. The van der Waals surface area contributed by atoms with Crippen LogP contribution in [0.2, 0.25) is 0 Å². The number of pyridine rings is 2. The number of hydrogen-bond donors (Lipinski definition) is 1. The number of hydrogen-bond acceptors (Lipinski definition) is 3. The van der Waals surface area contributed by atoms with Gasteiger partial charge < -0.3 is 4.98 Å². The summed E-state index contributed by atoms with van der Waals surface area (Å²) < 4.78 is 3.72. The SMILES string of the molecule is Cn1cc(-c2cnn3ccc(-c4c[nH]c5nc(C6CC6)ccc45)cc23)cn1. The van der Waals surface area contributed by atoms with Crippen molar-refractivity contribution in [3.8, 4) is 22.3 Å². The van der Waals surface area contributed by atoms with Crippen molar-refractivity contribution >= 4 is 16.6 Å². The van der Waals surface area contributed by atoms with Gasteiger partial charge in [-0.2, -0.15) is 10.2 Å². The van der Waals surface area contributed by atoms with Gasteiger partial charge in [-0.15, -0.1) is 0 Å². The summed E-state index contributed by atoms with van der Waals surface area (Å²) in [6.07, 6.45) is 12.4. The Morgan fingerprint density at radius 2 is 1.96 bits per heavy atom.